The van der Waals surface area contributed by atoms with E-state index in [0.29, 0.717) is 6.04 Å². The smallest absolute Gasteiger partial charge is 0.147 e. The summed E-state index contributed by atoms with van der Waals surface area (Å²) in [5.74, 6) is -0.122. The molecule has 2 aromatic rings. The van der Waals surface area contributed by atoms with Crippen molar-refractivity contribution in [2.45, 2.75) is 58.2 Å². The highest BCUT2D eigenvalue weighted by molar-refractivity contribution is 5.84. The van der Waals surface area contributed by atoms with Crippen molar-refractivity contribution in [1.29, 1.82) is 0 Å². The van der Waals surface area contributed by atoms with Crippen LogP contribution in [0.2, 0.25) is 0 Å². The fourth-order valence-electron chi connectivity index (χ4n) is 3.27. The molecule has 1 aromatic heterocycles. The molecule has 2 nitrogen and oxygen atoms in total. The molecule has 0 amide bonds. The average molecular weight is 274 g/mol. The number of nitrogens with one attached hydrogen (secondary N) is 1. The lowest BCUT2D eigenvalue weighted by Crippen LogP contribution is -2.25. The molecule has 0 radical (unpaired) electrons. The standard InChI is InChI=1S/C17H23FN2/c1-12(2)20-11-13(10-19-14-6-3-4-7-14)15-8-5-9-16(18)17(15)20/h5,8-9,11-12,14,19H,3-4,6-7,10H2,1-2H3. The molecule has 0 aliphatic heterocycles. The van der Waals surface area contributed by atoms with Crippen molar-refractivity contribution in [3.05, 3.63) is 35.8 Å². The van der Waals surface area contributed by atoms with Crippen molar-refractivity contribution >= 4 is 10.9 Å². The molecule has 1 aliphatic carbocycles. The molecule has 1 aliphatic rings. The number of halogens is 1. The summed E-state index contributed by atoms with van der Waals surface area (Å²) >= 11 is 0. The van der Waals surface area contributed by atoms with Crippen LogP contribution in [0.1, 0.15) is 51.1 Å². The summed E-state index contributed by atoms with van der Waals surface area (Å²) in [4.78, 5) is 0. The van der Waals surface area contributed by atoms with Gasteiger partial charge in [-0.2, -0.15) is 0 Å². The lowest BCUT2D eigenvalue weighted by atomic mass is 10.1. The van der Waals surface area contributed by atoms with E-state index in [2.05, 4.69) is 29.9 Å². The van der Waals surface area contributed by atoms with Gasteiger partial charge in [0.15, 0.2) is 0 Å². The van der Waals surface area contributed by atoms with Crippen molar-refractivity contribution in [2.24, 2.45) is 0 Å². The van der Waals surface area contributed by atoms with Crippen LogP contribution in [-0.2, 0) is 6.54 Å². The first-order valence-corrected chi connectivity index (χ1v) is 7.68. The van der Waals surface area contributed by atoms with Gasteiger partial charge in [0, 0.05) is 30.2 Å². The van der Waals surface area contributed by atoms with Gasteiger partial charge in [0.05, 0.1) is 5.52 Å². The predicted octanol–water partition coefficient (Wildman–Crippen LogP) is 4.39. The molecule has 1 heterocycles. The second kappa shape index (κ2) is 5.57. The number of fused-ring (bicyclic) bond motifs is 1. The monoisotopic (exact) mass is 274 g/mol. The fraction of sp³-hybridized carbons (Fsp3) is 0.529. The summed E-state index contributed by atoms with van der Waals surface area (Å²) in [7, 11) is 0. The molecule has 0 unspecified atom stereocenters. The Bertz CT molecular complexity index is 594. The largest absolute Gasteiger partial charge is 0.342 e. The number of rotatable bonds is 4. The van der Waals surface area contributed by atoms with E-state index in [-0.39, 0.29) is 11.9 Å². The van der Waals surface area contributed by atoms with E-state index in [4.69, 9.17) is 0 Å². The van der Waals surface area contributed by atoms with Gasteiger partial charge in [-0.1, -0.05) is 25.0 Å². The first-order valence-electron chi connectivity index (χ1n) is 7.68. The Morgan fingerprint density at radius 3 is 2.75 bits per heavy atom. The van der Waals surface area contributed by atoms with E-state index in [1.54, 1.807) is 12.1 Å². The molecule has 108 valence electrons. The quantitative estimate of drug-likeness (QED) is 0.874. The molecule has 1 aromatic carbocycles. The molecule has 3 heteroatoms. The highest BCUT2D eigenvalue weighted by Gasteiger charge is 2.17. The van der Waals surface area contributed by atoms with Crippen LogP contribution in [0.3, 0.4) is 0 Å². The zero-order chi connectivity index (χ0) is 14.1. The Kier molecular flexibility index (Phi) is 3.79. The molecule has 1 N–H and O–H groups in total. The number of hydrogen-bond donors (Lipinski definition) is 1. The van der Waals surface area contributed by atoms with Crippen LogP contribution in [0.5, 0.6) is 0 Å². The SMILES string of the molecule is CC(C)n1cc(CNC2CCCC2)c2cccc(F)c21. The highest BCUT2D eigenvalue weighted by Crippen LogP contribution is 2.27. The van der Waals surface area contributed by atoms with Gasteiger partial charge in [0.25, 0.3) is 0 Å². The number of hydrogen-bond acceptors (Lipinski definition) is 1. The van der Waals surface area contributed by atoms with Crippen LogP contribution in [0.25, 0.3) is 10.9 Å². The van der Waals surface area contributed by atoms with Crippen molar-refractivity contribution < 1.29 is 4.39 Å². The lowest BCUT2D eigenvalue weighted by Gasteiger charge is -2.11. The molecule has 0 bridgehead atoms. The van der Waals surface area contributed by atoms with Gasteiger partial charge < -0.3 is 9.88 Å². The van der Waals surface area contributed by atoms with Crippen LogP contribution in [-0.4, -0.2) is 10.6 Å². The summed E-state index contributed by atoms with van der Waals surface area (Å²) in [6.07, 6.45) is 7.33. The van der Waals surface area contributed by atoms with E-state index < -0.39 is 0 Å². The number of para-hydroxylation sites is 1. The average Bonchev–Trinajstić information content (AvgIpc) is 3.04. The third-order valence-electron chi connectivity index (χ3n) is 4.38. The van der Waals surface area contributed by atoms with Gasteiger partial charge in [-0.15, -0.1) is 0 Å². The lowest BCUT2D eigenvalue weighted by molar-refractivity contribution is 0.523. The van der Waals surface area contributed by atoms with Gasteiger partial charge in [-0.3, -0.25) is 0 Å². The van der Waals surface area contributed by atoms with Gasteiger partial charge in [-0.05, 0) is 38.3 Å². The zero-order valence-electron chi connectivity index (χ0n) is 12.3. The fourth-order valence-corrected chi connectivity index (χ4v) is 3.27. The van der Waals surface area contributed by atoms with Crippen molar-refractivity contribution in [1.82, 2.24) is 9.88 Å². The van der Waals surface area contributed by atoms with E-state index >= 15 is 0 Å². The Labute approximate surface area is 120 Å². The molecular formula is C17H23FN2. The molecular weight excluding hydrogens is 251 g/mol. The van der Waals surface area contributed by atoms with Crippen LogP contribution >= 0.6 is 0 Å². The molecule has 3 rings (SSSR count). The summed E-state index contributed by atoms with van der Waals surface area (Å²) in [6, 6.07) is 6.30. The third-order valence-corrected chi connectivity index (χ3v) is 4.38. The van der Waals surface area contributed by atoms with Gasteiger partial charge >= 0.3 is 0 Å². The molecule has 1 fully saturated rings. The Morgan fingerprint density at radius 1 is 1.30 bits per heavy atom. The van der Waals surface area contributed by atoms with Crippen molar-refractivity contribution in [3.8, 4) is 0 Å². The van der Waals surface area contributed by atoms with Crippen LogP contribution in [0.15, 0.2) is 24.4 Å². The van der Waals surface area contributed by atoms with Gasteiger partial charge in [-0.25, -0.2) is 4.39 Å². The van der Waals surface area contributed by atoms with Gasteiger partial charge in [0.2, 0.25) is 0 Å². The molecule has 0 spiro atoms. The summed E-state index contributed by atoms with van der Waals surface area (Å²) in [5, 5.41) is 4.67. The Balaban J connectivity index is 1.92. The molecule has 0 atom stereocenters. The minimum atomic E-state index is -0.122. The van der Waals surface area contributed by atoms with Crippen LogP contribution in [0, 0.1) is 5.82 Å². The first-order chi connectivity index (χ1) is 9.66. The predicted molar refractivity (Wildman–Crippen MR) is 81.4 cm³/mol. The Morgan fingerprint density at radius 2 is 2.05 bits per heavy atom. The van der Waals surface area contributed by atoms with Crippen molar-refractivity contribution in [2.75, 3.05) is 0 Å². The van der Waals surface area contributed by atoms with E-state index in [0.717, 1.165) is 17.4 Å². The second-order valence-corrected chi connectivity index (χ2v) is 6.15. The van der Waals surface area contributed by atoms with E-state index in [9.17, 15) is 4.39 Å². The number of nitrogens with zero attached hydrogens (tertiary/aromatic N) is 1. The summed E-state index contributed by atoms with van der Waals surface area (Å²) in [5.41, 5.74) is 1.95. The minimum absolute atomic E-state index is 0.122. The third kappa shape index (κ3) is 2.47. The maximum Gasteiger partial charge on any atom is 0.147 e. The topological polar surface area (TPSA) is 17.0 Å². The normalized spacial score (nSPS) is 16.6. The molecule has 1 saturated carbocycles. The minimum Gasteiger partial charge on any atom is -0.342 e. The highest BCUT2D eigenvalue weighted by atomic mass is 19.1. The maximum absolute atomic E-state index is 14.1. The number of benzene rings is 1. The summed E-state index contributed by atoms with van der Waals surface area (Å²) < 4.78 is 16.2. The van der Waals surface area contributed by atoms with E-state index in [1.165, 1.54) is 31.2 Å². The number of aromatic nitrogens is 1. The first kappa shape index (κ1) is 13.6. The maximum atomic E-state index is 14.1. The second-order valence-electron chi connectivity index (χ2n) is 6.15. The van der Waals surface area contributed by atoms with E-state index in [1.807, 2.05) is 6.07 Å². The van der Waals surface area contributed by atoms with Gasteiger partial charge in [0.1, 0.15) is 5.82 Å². The molecule has 20 heavy (non-hydrogen) atoms. The molecule has 0 saturated heterocycles. The van der Waals surface area contributed by atoms with Crippen LogP contribution < -0.4 is 5.32 Å². The Hall–Kier alpha value is -1.35. The summed E-state index contributed by atoms with van der Waals surface area (Å²) in [6.45, 7) is 5.03. The van der Waals surface area contributed by atoms with Crippen LogP contribution in [0.4, 0.5) is 4.39 Å². The van der Waals surface area contributed by atoms with Crippen molar-refractivity contribution in [3.63, 3.8) is 0 Å². The zero-order valence-corrected chi connectivity index (χ0v) is 12.3.